The zero-order chi connectivity index (χ0) is 25.3. The normalized spacial score (nSPS) is 29.8. The van der Waals surface area contributed by atoms with E-state index >= 15 is 0 Å². The van der Waals surface area contributed by atoms with Crippen molar-refractivity contribution in [3.05, 3.63) is 58.6 Å². The van der Waals surface area contributed by atoms with Gasteiger partial charge >= 0.3 is 0 Å². The van der Waals surface area contributed by atoms with Crippen molar-refractivity contribution in [2.24, 2.45) is 0 Å². The smallest absolute Gasteiger partial charge is 0.266 e. The molecule has 0 saturated heterocycles. The number of pyridine rings is 1. The van der Waals surface area contributed by atoms with E-state index in [-0.39, 0.29) is 29.1 Å². The van der Waals surface area contributed by atoms with E-state index in [2.05, 4.69) is 15.0 Å². The summed E-state index contributed by atoms with van der Waals surface area (Å²) in [5, 5.41) is 15.3. The maximum Gasteiger partial charge on any atom is 0.266 e. The molecule has 13 heteroatoms. The van der Waals surface area contributed by atoms with E-state index in [0.29, 0.717) is 36.8 Å². The molecule has 4 aliphatic carbocycles. The van der Waals surface area contributed by atoms with Gasteiger partial charge in [-0.3, -0.25) is 10.1 Å². The number of aromatic nitrogens is 2. The van der Waals surface area contributed by atoms with Crippen molar-refractivity contribution in [2.75, 3.05) is 11.1 Å². The average molecular weight is 522 g/mol. The lowest BCUT2D eigenvalue weighted by atomic mass is 9.44. The minimum atomic E-state index is -4.07. The number of anilines is 1. The highest BCUT2D eigenvalue weighted by molar-refractivity contribution is 7.91. The second kappa shape index (κ2) is 7.61. The second-order valence-electron chi connectivity index (χ2n) is 10.1. The molecule has 2 bridgehead atoms. The summed E-state index contributed by atoms with van der Waals surface area (Å²) in [7, 11) is -7.37. The number of nitro groups is 1. The standard InChI is InChI=1S/C22H27N5O6S2/c1-3-11-34(30,31)25-22-13-21(14-22,15-22)24-18-6-9-23-19-17(18)7-10-26(19)35(32,33)20(2)8-4-5-16(12-20)27(28)29/h4-7,9-10,12,25H,3,8,11,13-15H2,1-2H3,(H,23,24). The molecule has 2 heterocycles. The topological polar surface area (TPSA) is 153 Å². The molecule has 1 atom stereocenters. The number of allylic oxidation sites excluding steroid dienone is 2. The lowest BCUT2D eigenvalue weighted by molar-refractivity contribution is -0.419. The highest BCUT2D eigenvalue weighted by Crippen LogP contribution is 2.62. The van der Waals surface area contributed by atoms with Crippen LogP contribution in [-0.2, 0) is 20.0 Å². The molecule has 2 aromatic heterocycles. The molecule has 2 aromatic rings. The molecule has 3 fully saturated rings. The summed E-state index contributed by atoms with van der Waals surface area (Å²) in [5.74, 6) is 0.106. The molecule has 1 unspecified atom stereocenters. The lowest BCUT2D eigenvalue weighted by Crippen LogP contribution is -2.81. The van der Waals surface area contributed by atoms with Crippen molar-refractivity contribution < 1.29 is 21.8 Å². The first kappa shape index (κ1) is 23.9. The Balaban J connectivity index is 1.40. The number of sulfonamides is 1. The van der Waals surface area contributed by atoms with Gasteiger partial charge in [-0.25, -0.2) is 30.5 Å². The van der Waals surface area contributed by atoms with Crippen LogP contribution in [0.5, 0.6) is 0 Å². The molecule has 35 heavy (non-hydrogen) atoms. The fraction of sp³-hybridized carbons (Fsp3) is 0.500. The summed E-state index contributed by atoms with van der Waals surface area (Å²) in [6.07, 6.45) is 9.55. The largest absolute Gasteiger partial charge is 0.379 e. The molecule has 3 saturated carbocycles. The number of nitrogens with zero attached hydrogens (tertiary/aromatic N) is 3. The predicted molar refractivity (Wildman–Crippen MR) is 131 cm³/mol. The Hall–Kier alpha value is -2.77. The van der Waals surface area contributed by atoms with Gasteiger partial charge in [0.1, 0.15) is 4.75 Å². The molecular weight excluding hydrogens is 494 g/mol. The SMILES string of the molecule is CCCS(=O)(=O)NC12CC(Nc3ccnc4c3ccn4S(=O)(=O)C3(C)C=C([N+](=O)[O-])C=CC3)(C1)C2. The molecule has 2 N–H and O–H groups in total. The highest BCUT2D eigenvalue weighted by Gasteiger charge is 2.69. The van der Waals surface area contributed by atoms with Gasteiger partial charge in [-0.05, 0) is 51.2 Å². The van der Waals surface area contributed by atoms with Crippen LogP contribution in [0, 0.1) is 10.1 Å². The Morgan fingerprint density at radius 3 is 2.54 bits per heavy atom. The molecule has 0 aromatic carbocycles. The molecule has 6 rings (SSSR count). The number of fused-ring (bicyclic) bond motifs is 1. The average Bonchev–Trinajstić information content (AvgIpc) is 3.17. The van der Waals surface area contributed by atoms with Crippen LogP contribution in [0.15, 0.2) is 48.5 Å². The fourth-order valence-corrected chi connectivity index (χ4v) is 8.77. The molecular formula is C22H27N5O6S2. The first-order valence-electron chi connectivity index (χ1n) is 11.4. The number of nitrogens with one attached hydrogen (secondary N) is 2. The quantitative estimate of drug-likeness (QED) is 0.377. The van der Waals surface area contributed by atoms with Gasteiger partial charge in [0.2, 0.25) is 20.0 Å². The monoisotopic (exact) mass is 521 g/mol. The summed E-state index contributed by atoms with van der Waals surface area (Å²) in [6, 6.07) is 3.43. The van der Waals surface area contributed by atoms with Crippen LogP contribution in [0.2, 0.25) is 0 Å². The molecule has 4 aliphatic rings. The van der Waals surface area contributed by atoms with Crippen LogP contribution in [0.1, 0.15) is 46.0 Å². The van der Waals surface area contributed by atoms with E-state index in [1.807, 2.05) is 6.92 Å². The zero-order valence-corrected chi connectivity index (χ0v) is 21.0. The first-order valence-corrected chi connectivity index (χ1v) is 14.5. The van der Waals surface area contributed by atoms with Gasteiger partial charge in [-0.15, -0.1) is 0 Å². The van der Waals surface area contributed by atoms with E-state index in [9.17, 15) is 26.9 Å². The molecule has 0 spiro atoms. The minimum absolute atomic E-state index is 0.101. The van der Waals surface area contributed by atoms with Crippen LogP contribution in [0.25, 0.3) is 11.0 Å². The van der Waals surface area contributed by atoms with E-state index in [1.165, 1.54) is 37.5 Å². The third-order valence-electron chi connectivity index (χ3n) is 7.15. The van der Waals surface area contributed by atoms with Gasteiger partial charge < -0.3 is 5.32 Å². The van der Waals surface area contributed by atoms with Gasteiger partial charge in [0.05, 0.1) is 10.7 Å². The van der Waals surface area contributed by atoms with E-state index in [1.54, 1.807) is 12.1 Å². The molecule has 11 nitrogen and oxygen atoms in total. The van der Waals surface area contributed by atoms with Crippen molar-refractivity contribution in [3.8, 4) is 0 Å². The third-order valence-corrected chi connectivity index (χ3v) is 11.1. The number of hydrogen-bond donors (Lipinski definition) is 2. The van der Waals surface area contributed by atoms with Gasteiger partial charge in [-0.1, -0.05) is 13.0 Å². The molecule has 0 aliphatic heterocycles. The Morgan fingerprint density at radius 2 is 1.89 bits per heavy atom. The Kier molecular flexibility index (Phi) is 5.21. The summed E-state index contributed by atoms with van der Waals surface area (Å²) in [6.45, 7) is 3.29. The second-order valence-corrected chi connectivity index (χ2v) is 14.2. The molecule has 188 valence electrons. The van der Waals surface area contributed by atoms with Gasteiger partial charge in [0, 0.05) is 46.7 Å². The Morgan fingerprint density at radius 1 is 1.17 bits per heavy atom. The van der Waals surface area contributed by atoms with Crippen molar-refractivity contribution in [1.29, 1.82) is 0 Å². The minimum Gasteiger partial charge on any atom is -0.379 e. The van der Waals surface area contributed by atoms with Crippen molar-refractivity contribution in [1.82, 2.24) is 13.7 Å². The lowest BCUT2D eigenvalue weighted by Gasteiger charge is -2.70. The van der Waals surface area contributed by atoms with Crippen molar-refractivity contribution >= 4 is 36.8 Å². The maximum atomic E-state index is 13.6. The highest BCUT2D eigenvalue weighted by atomic mass is 32.2. The van der Waals surface area contributed by atoms with Gasteiger partial charge in [-0.2, -0.15) is 0 Å². The van der Waals surface area contributed by atoms with Crippen LogP contribution < -0.4 is 10.0 Å². The van der Waals surface area contributed by atoms with Crippen LogP contribution >= 0.6 is 0 Å². The summed E-state index contributed by atoms with van der Waals surface area (Å²) in [5.41, 5.74) is 0.0388. The zero-order valence-electron chi connectivity index (χ0n) is 19.4. The van der Waals surface area contributed by atoms with Crippen LogP contribution in [0.3, 0.4) is 0 Å². The fourth-order valence-electron chi connectivity index (χ4n) is 5.63. The van der Waals surface area contributed by atoms with Crippen LogP contribution in [0.4, 0.5) is 5.69 Å². The molecule has 0 radical (unpaired) electrons. The third kappa shape index (κ3) is 3.76. The number of hydrogen-bond acceptors (Lipinski definition) is 8. The van der Waals surface area contributed by atoms with Crippen molar-refractivity contribution in [2.45, 2.75) is 61.8 Å². The van der Waals surface area contributed by atoms with Gasteiger partial charge in [0.15, 0.2) is 5.65 Å². The van der Waals surface area contributed by atoms with Crippen LogP contribution in [-0.4, -0.2) is 52.3 Å². The first-order chi connectivity index (χ1) is 16.3. The van der Waals surface area contributed by atoms with E-state index < -0.39 is 35.3 Å². The van der Waals surface area contributed by atoms with Gasteiger partial charge in [0.25, 0.3) is 5.70 Å². The Labute approximate surface area is 203 Å². The van der Waals surface area contributed by atoms with E-state index in [4.69, 9.17) is 0 Å². The summed E-state index contributed by atoms with van der Waals surface area (Å²) in [4.78, 5) is 14.9. The Bertz CT molecular complexity index is 1490. The maximum absolute atomic E-state index is 13.6. The van der Waals surface area contributed by atoms with Crippen molar-refractivity contribution in [3.63, 3.8) is 0 Å². The predicted octanol–water partition coefficient (Wildman–Crippen LogP) is 2.51. The summed E-state index contributed by atoms with van der Waals surface area (Å²) < 4.78 is 53.9. The number of rotatable bonds is 9. The molecule has 0 amide bonds. The van der Waals surface area contributed by atoms with E-state index in [0.717, 1.165) is 3.97 Å². The summed E-state index contributed by atoms with van der Waals surface area (Å²) >= 11 is 0.